The van der Waals surface area contributed by atoms with Gasteiger partial charge < -0.3 is 18.9 Å². The largest absolute Gasteiger partial charge is 0.488 e. The van der Waals surface area contributed by atoms with E-state index in [0.717, 1.165) is 5.56 Å². The number of hydrogen-bond donors (Lipinski definition) is 0. The first-order valence-electron chi connectivity index (χ1n) is 9.01. The summed E-state index contributed by atoms with van der Waals surface area (Å²) in [5.74, 6) is -0.150. The second-order valence-electron chi connectivity index (χ2n) is 6.44. The monoisotopic (exact) mass is 386 g/mol. The molecule has 2 rings (SSSR count). The van der Waals surface area contributed by atoms with Crippen LogP contribution in [0.1, 0.15) is 34.8 Å². The Labute approximate surface area is 165 Å². The summed E-state index contributed by atoms with van der Waals surface area (Å²) in [6.07, 6.45) is 0.00432. The molecule has 28 heavy (non-hydrogen) atoms. The molecule has 0 amide bonds. The minimum absolute atomic E-state index is 0.00432. The molecule has 0 aliphatic rings. The van der Waals surface area contributed by atoms with E-state index < -0.39 is 11.9 Å². The summed E-state index contributed by atoms with van der Waals surface area (Å²) in [7, 11) is 2.81. The van der Waals surface area contributed by atoms with Crippen molar-refractivity contribution in [3.8, 4) is 11.5 Å². The van der Waals surface area contributed by atoms with Crippen LogP contribution in [0.25, 0.3) is 0 Å². The maximum Gasteiger partial charge on any atom is 0.306 e. The Hall–Kier alpha value is -2.86. The normalized spacial score (nSPS) is 11.6. The summed E-state index contributed by atoms with van der Waals surface area (Å²) in [5, 5.41) is 0. The van der Waals surface area contributed by atoms with Crippen molar-refractivity contribution in [2.24, 2.45) is 5.92 Å². The lowest BCUT2D eigenvalue weighted by Crippen LogP contribution is -2.18. The molecule has 0 fully saturated rings. The highest BCUT2D eigenvalue weighted by molar-refractivity contribution is 6.02. The van der Waals surface area contributed by atoms with Crippen LogP contribution in [-0.2, 0) is 20.9 Å². The lowest BCUT2D eigenvalue weighted by molar-refractivity contribution is -0.141. The van der Waals surface area contributed by atoms with E-state index in [1.807, 2.05) is 37.3 Å². The summed E-state index contributed by atoms with van der Waals surface area (Å²) < 4.78 is 21.2. The molecular formula is C22H26O6. The van der Waals surface area contributed by atoms with E-state index in [-0.39, 0.29) is 19.0 Å². The van der Waals surface area contributed by atoms with Gasteiger partial charge in [0, 0.05) is 18.6 Å². The number of ether oxygens (including phenoxy) is 4. The molecule has 0 saturated heterocycles. The third kappa shape index (κ3) is 5.57. The first-order valence-corrected chi connectivity index (χ1v) is 9.01. The van der Waals surface area contributed by atoms with Gasteiger partial charge in [-0.2, -0.15) is 0 Å². The van der Waals surface area contributed by atoms with Gasteiger partial charge in [-0.25, -0.2) is 0 Å². The van der Waals surface area contributed by atoms with Crippen molar-refractivity contribution in [1.29, 1.82) is 0 Å². The molecule has 150 valence electrons. The van der Waals surface area contributed by atoms with Gasteiger partial charge in [-0.15, -0.1) is 0 Å². The first-order chi connectivity index (χ1) is 13.5. The number of Topliss-reactive ketones (excluding diaryl/α,β-unsaturated/α-hetero) is 1. The van der Waals surface area contributed by atoms with Crippen molar-refractivity contribution in [3.63, 3.8) is 0 Å². The molecule has 1 unspecified atom stereocenters. The van der Waals surface area contributed by atoms with Crippen LogP contribution < -0.4 is 9.47 Å². The molecular weight excluding hydrogens is 360 g/mol. The van der Waals surface area contributed by atoms with Crippen LogP contribution in [0.4, 0.5) is 0 Å². The van der Waals surface area contributed by atoms with E-state index in [4.69, 9.17) is 14.2 Å². The first kappa shape index (κ1) is 21.4. The topological polar surface area (TPSA) is 71.1 Å². The smallest absolute Gasteiger partial charge is 0.306 e. The Kier molecular flexibility index (Phi) is 8.02. The van der Waals surface area contributed by atoms with Crippen molar-refractivity contribution >= 4 is 11.8 Å². The Morgan fingerprint density at radius 3 is 2.36 bits per heavy atom. The highest BCUT2D eigenvalue weighted by Gasteiger charge is 2.24. The minimum atomic E-state index is -0.534. The molecule has 0 aliphatic heterocycles. The van der Waals surface area contributed by atoms with Gasteiger partial charge in [0.25, 0.3) is 0 Å². The van der Waals surface area contributed by atoms with Crippen LogP contribution in [0.3, 0.4) is 0 Å². The fourth-order valence-corrected chi connectivity index (χ4v) is 2.75. The number of methoxy groups -OCH3 is 2. The Balaban J connectivity index is 2.26. The lowest BCUT2D eigenvalue weighted by Gasteiger charge is -2.18. The molecule has 2 aromatic rings. The zero-order chi connectivity index (χ0) is 20.5. The molecule has 0 aliphatic carbocycles. The molecule has 0 N–H and O–H groups in total. The minimum Gasteiger partial charge on any atom is -0.488 e. The summed E-state index contributed by atoms with van der Waals surface area (Å²) in [6, 6.07) is 13.2. The molecule has 0 aromatic heterocycles. The van der Waals surface area contributed by atoms with Crippen molar-refractivity contribution in [2.45, 2.75) is 26.9 Å². The summed E-state index contributed by atoms with van der Waals surface area (Å²) >= 11 is 0. The number of hydrogen-bond acceptors (Lipinski definition) is 6. The van der Waals surface area contributed by atoms with Crippen LogP contribution in [0.2, 0.25) is 0 Å². The van der Waals surface area contributed by atoms with Crippen LogP contribution in [0, 0.1) is 12.8 Å². The predicted molar refractivity (Wildman–Crippen MR) is 105 cm³/mol. The van der Waals surface area contributed by atoms with E-state index in [0.29, 0.717) is 29.2 Å². The van der Waals surface area contributed by atoms with E-state index in [9.17, 15) is 9.59 Å². The van der Waals surface area contributed by atoms with Gasteiger partial charge in [-0.1, -0.05) is 37.3 Å². The quantitative estimate of drug-likeness (QED) is 0.350. The molecule has 0 saturated carbocycles. The Bertz CT molecular complexity index is 800. The standard InChI is InChI=1S/C22H26O6/c1-15(12-20(23)26-4)21(24)18-10-11-19(16(2)22(18)28-14-25-3)27-13-17-8-6-5-7-9-17/h5-11,15H,12-14H2,1-4H3. The lowest BCUT2D eigenvalue weighted by atomic mass is 9.94. The summed E-state index contributed by atoms with van der Waals surface area (Å²) in [4.78, 5) is 24.4. The van der Waals surface area contributed by atoms with Gasteiger partial charge in [-0.3, -0.25) is 9.59 Å². The third-order valence-corrected chi connectivity index (χ3v) is 4.33. The van der Waals surface area contributed by atoms with Crippen LogP contribution in [0.5, 0.6) is 11.5 Å². The van der Waals surface area contributed by atoms with Crippen LogP contribution in [0.15, 0.2) is 42.5 Å². The maximum absolute atomic E-state index is 12.9. The molecule has 2 aromatic carbocycles. The molecule has 1 atom stereocenters. The maximum atomic E-state index is 12.9. The number of carbonyl (C=O) groups is 2. The Morgan fingerprint density at radius 2 is 1.71 bits per heavy atom. The summed E-state index contributed by atoms with van der Waals surface area (Å²) in [6.45, 7) is 3.91. The highest BCUT2D eigenvalue weighted by atomic mass is 16.7. The van der Waals surface area contributed by atoms with E-state index >= 15 is 0 Å². The number of esters is 1. The van der Waals surface area contributed by atoms with Crippen molar-refractivity contribution in [1.82, 2.24) is 0 Å². The second-order valence-corrected chi connectivity index (χ2v) is 6.44. The average molecular weight is 386 g/mol. The van der Waals surface area contributed by atoms with Crippen molar-refractivity contribution < 1.29 is 28.5 Å². The number of benzene rings is 2. The summed E-state index contributed by atoms with van der Waals surface area (Å²) in [5.41, 5.74) is 2.12. The van der Waals surface area contributed by atoms with E-state index in [1.165, 1.54) is 14.2 Å². The van der Waals surface area contributed by atoms with Crippen molar-refractivity contribution in [2.75, 3.05) is 21.0 Å². The fraction of sp³-hybridized carbons (Fsp3) is 0.364. The van der Waals surface area contributed by atoms with Crippen LogP contribution >= 0.6 is 0 Å². The molecule has 6 nitrogen and oxygen atoms in total. The van der Waals surface area contributed by atoms with Gasteiger partial charge in [-0.05, 0) is 24.6 Å². The van der Waals surface area contributed by atoms with Gasteiger partial charge in [0.2, 0.25) is 0 Å². The second kappa shape index (κ2) is 10.5. The highest BCUT2D eigenvalue weighted by Crippen LogP contribution is 2.34. The van der Waals surface area contributed by atoms with Crippen molar-refractivity contribution in [3.05, 3.63) is 59.2 Å². The van der Waals surface area contributed by atoms with Gasteiger partial charge in [0.05, 0.1) is 19.1 Å². The Morgan fingerprint density at radius 1 is 1.00 bits per heavy atom. The zero-order valence-electron chi connectivity index (χ0n) is 16.7. The average Bonchev–Trinajstić information content (AvgIpc) is 2.71. The molecule has 6 heteroatoms. The molecule has 0 bridgehead atoms. The number of ketones is 1. The predicted octanol–water partition coefficient (Wildman–Crippen LogP) is 3.94. The third-order valence-electron chi connectivity index (χ3n) is 4.33. The van der Waals surface area contributed by atoms with Gasteiger partial charge in [0.15, 0.2) is 12.6 Å². The molecule has 0 spiro atoms. The molecule has 0 heterocycles. The van der Waals surface area contributed by atoms with Gasteiger partial charge in [0.1, 0.15) is 18.1 Å². The number of carbonyl (C=O) groups excluding carboxylic acids is 2. The zero-order valence-corrected chi connectivity index (χ0v) is 16.7. The fourth-order valence-electron chi connectivity index (χ4n) is 2.75. The van der Waals surface area contributed by atoms with Crippen LogP contribution in [-0.4, -0.2) is 32.8 Å². The van der Waals surface area contributed by atoms with E-state index in [1.54, 1.807) is 19.1 Å². The SMILES string of the molecule is COCOc1c(C(=O)C(C)CC(=O)OC)ccc(OCc2ccccc2)c1C. The van der Waals surface area contributed by atoms with Gasteiger partial charge >= 0.3 is 5.97 Å². The number of rotatable bonds is 10. The van der Waals surface area contributed by atoms with E-state index in [2.05, 4.69) is 4.74 Å². The molecule has 0 radical (unpaired) electrons.